The Morgan fingerprint density at radius 3 is 2.81 bits per heavy atom. The molecule has 1 N–H and O–H groups in total. The van der Waals surface area contributed by atoms with E-state index in [1.165, 1.54) is 6.42 Å². The van der Waals surface area contributed by atoms with E-state index in [9.17, 15) is 4.79 Å². The van der Waals surface area contributed by atoms with E-state index in [1.54, 1.807) is 6.20 Å². The van der Waals surface area contributed by atoms with Crippen molar-refractivity contribution in [2.24, 2.45) is 11.8 Å². The third-order valence-corrected chi connectivity index (χ3v) is 4.63. The normalized spacial score (nSPS) is 25.0. The van der Waals surface area contributed by atoms with Gasteiger partial charge in [0.25, 0.3) is 5.91 Å². The van der Waals surface area contributed by atoms with Crippen molar-refractivity contribution in [3.8, 4) is 0 Å². The molecule has 108 valence electrons. The summed E-state index contributed by atoms with van der Waals surface area (Å²) in [7, 11) is 0. The van der Waals surface area contributed by atoms with E-state index in [2.05, 4.69) is 10.3 Å². The van der Waals surface area contributed by atoms with Crippen LogP contribution < -0.4 is 5.32 Å². The second-order valence-corrected chi connectivity index (χ2v) is 6.25. The standard InChI is InChI=1S/C17H19N3O/c21-17(20-10-12-6-13(11-20)9-18-8-12)15-3-4-16-14(7-15)2-1-5-19-16/h1-5,7,12-13,18H,6,8-11H2/t12-,13+. The fourth-order valence-corrected chi connectivity index (χ4v) is 3.66. The highest BCUT2D eigenvalue weighted by Gasteiger charge is 2.32. The van der Waals surface area contributed by atoms with Crippen LogP contribution in [-0.4, -0.2) is 42.0 Å². The summed E-state index contributed by atoms with van der Waals surface area (Å²) in [6.07, 6.45) is 3.04. The molecule has 2 aliphatic heterocycles. The van der Waals surface area contributed by atoms with Crippen LogP contribution in [0.4, 0.5) is 0 Å². The molecule has 4 nitrogen and oxygen atoms in total. The number of hydrogen-bond donors (Lipinski definition) is 1. The predicted octanol–water partition coefficient (Wildman–Crippen LogP) is 1.92. The zero-order valence-corrected chi connectivity index (χ0v) is 12.0. The van der Waals surface area contributed by atoms with E-state index in [1.807, 2.05) is 35.2 Å². The van der Waals surface area contributed by atoms with Gasteiger partial charge in [0.15, 0.2) is 0 Å². The molecule has 0 radical (unpaired) electrons. The maximum absolute atomic E-state index is 12.8. The van der Waals surface area contributed by atoms with Crippen LogP contribution in [-0.2, 0) is 0 Å². The summed E-state index contributed by atoms with van der Waals surface area (Å²) < 4.78 is 0. The van der Waals surface area contributed by atoms with Crippen LogP contribution in [0.2, 0.25) is 0 Å². The molecule has 0 spiro atoms. The van der Waals surface area contributed by atoms with Crippen molar-refractivity contribution in [1.82, 2.24) is 15.2 Å². The molecule has 4 heteroatoms. The first-order valence-electron chi connectivity index (χ1n) is 7.64. The molecule has 2 saturated heterocycles. The average Bonchev–Trinajstić information content (AvgIpc) is 2.53. The maximum Gasteiger partial charge on any atom is 0.253 e. The molecule has 0 unspecified atom stereocenters. The van der Waals surface area contributed by atoms with E-state index in [4.69, 9.17) is 0 Å². The highest BCUT2D eigenvalue weighted by Crippen LogP contribution is 2.26. The number of amides is 1. The molecule has 2 atom stereocenters. The van der Waals surface area contributed by atoms with Crippen LogP contribution in [0.1, 0.15) is 16.8 Å². The number of rotatable bonds is 1. The number of likely N-dealkylation sites (tertiary alicyclic amines) is 1. The molecular weight excluding hydrogens is 262 g/mol. The summed E-state index contributed by atoms with van der Waals surface area (Å²) in [4.78, 5) is 19.1. The first kappa shape index (κ1) is 12.8. The molecule has 1 amide bonds. The lowest BCUT2D eigenvalue weighted by Gasteiger charge is -2.41. The summed E-state index contributed by atoms with van der Waals surface area (Å²) >= 11 is 0. The molecule has 2 aromatic rings. The molecule has 21 heavy (non-hydrogen) atoms. The summed E-state index contributed by atoms with van der Waals surface area (Å²) in [5.74, 6) is 1.39. The van der Waals surface area contributed by atoms with Crippen molar-refractivity contribution in [3.63, 3.8) is 0 Å². The van der Waals surface area contributed by atoms with Crippen LogP contribution >= 0.6 is 0 Å². The smallest absolute Gasteiger partial charge is 0.253 e. The number of nitrogens with zero attached hydrogens (tertiary/aromatic N) is 2. The Morgan fingerprint density at radius 2 is 2.00 bits per heavy atom. The van der Waals surface area contributed by atoms with Crippen molar-refractivity contribution in [2.75, 3.05) is 26.2 Å². The molecule has 3 heterocycles. The third-order valence-electron chi connectivity index (χ3n) is 4.63. The topological polar surface area (TPSA) is 45.2 Å². The second kappa shape index (κ2) is 5.11. The molecule has 4 rings (SSSR count). The van der Waals surface area contributed by atoms with Gasteiger partial charge in [-0.2, -0.15) is 0 Å². The Labute approximate surface area is 124 Å². The molecule has 1 aromatic carbocycles. The van der Waals surface area contributed by atoms with Gasteiger partial charge in [-0.3, -0.25) is 9.78 Å². The molecule has 0 saturated carbocycles. The van der Waals surface area contributed by atoms with Gasteiger partial charge in [0, 0.05) is 30.2 Å². The lowest BCUT2D eigenvalue weighted by Crippen LogP contribution is -2.52. The molecule has 2 fully saturated rings. The highest BCUT2D eigenvalue weighted by molar-refractivity contribution is 5.98. The van der Waals surface area contributed by atoms with Crippen LogP contribution in [0.3, 0.4) is 0 Å². The maximum atomic E-state index is 12.8. The minimum absolute atomic E-state index is 0.164. The number of piperidine rings is 2. The number of benzene rings is 1. The number of carbonyl (C=O) groups excluding carboxylic acids is 1. The van der Waals surface area contributed by atoms with Crippen molar-refractivity contribution in [3.05, 3.63) is 42.1 Å². The number of nitrogens with one attached hydrogen (secondary N) is 1. The Bertz CT molecular complexity index is 673. The molecule has 1 aromatic heterocycles. The van der Waals surface area contributed by atoms with Gasteiger partial charge in [-0.05, 0) is 55.6 Å². The lowest BCUT2D eigenvalue weighted by atomic mass is 9.85. The number of carbonyl (C=O) groups is 1. The zero-order valence-electron chi connectivity index (χ0n) is 12.0. The van der Waals surface area contributed by atoms with Crippen molar-refractivity contribution in [2.45, 2.75) is 6.42 Å². The van der Waals surface area contributed by atoms with Gasteiger partial charge in [-0.1, -0.05) is 6.07 Å². The Kier molecular flexibility index (Phi) is 3.11. The Hall–Kier alpha value is -1.94. The Morgan fingerprint density at radius 1 is 1.19 bits per heavy atom. The lowest BCUT2D eigenvalue weighted by molar-refractivity contribution is 0.0538. The van der Waals surface area contributed by atoms with Crippen LogP contribution in [0, 0.1) is 11.8 Å². The summed E-state index contributed by atoms with van der Waals surface area (Å²) in [6.45, 7) is 3.85. The van der Waals surface area contributed by atoms with Crippen molar-refractivity contribution in [1.29, 1.82) is 0 Å². The van der Waals surface area contributed by atoms with E-state index in [-0.39, 0.29) is 5.91 Å². The molecule has 2 bridgehead atoms. The Balaban J connectivity index is 1.60. The fourth-order valence-electron chi connectivity index (χ4n) is 3.66. The number of aromatic nitrogens is 1. The predicted molar refractivity (Wildman–Crippen MR) is 82.1 cm³/mol. The minimum atomic E-state index is 0.164. The minimum Gasteiger partial charge on any atom is -0.338 e. The summed E-state index contributed by atoms with van der Waals surface area (Å²) in [5.41, 5.74) is 1.72. The van der Waals surface area contributed by atoms with E-state index in [0.29, 0.717) is 11.8 Å². The summed E-state index contributed by atoms with van der Waals surface area (Å²) in [5, 5.41) is 4.49. The quantitative estimate of drug-likeness (QED) is 0.868. The fraction of sp³-hybridized carbons (Fsp3) is 0.412. The van der Waals surface area contributed by atoms with Crippen LogP contribution in [0.25, 0.3) is 10.9 Å². The number of pyridine rings is 1. The van der Waals surface area contributed by atoms with E-state index < -0.39 is 0 Å². The van der Waals surface area contributed by atoms with Crippen LogP contribution in [0.5, 0.6) is 0 Å². The van der Waals surface area contributed by atoms with Crippen molar-refractivity contribution < 1.29 is 4.79 Å². The summed E-state index contributed by atoms with van der Waals surface area (Å²) in [6, 6.07) is 9.73. The number of fused-ring (bicyclic) bond motifs is 3. The van der Waals surface area contributed by atoms with Gasteiger partial charge in [0.05, 0.1) is 5.52 Å². The third kappa shape index (κ3) is 2.40. The SMILES string of the molecule is O=C(c1ccc2ncccc2c1)N1C[C@@H]2CNC[C@@H](C2)C1. The first-order valence-corrected chi connectivity index (χ1v) is 7.64. The first-order chi connectivity index (χ1) is 10.3. The average molecular weight is 281 g/mol. The second-order valence-electron chi connectivity index (χ2n) is 6.25. The van der Waals surface area contributed by atoms with E-state index >= 15 is 0 Å². The molecule has 0 aliphatic carbocycles. The van der Waals surface area contributed by atoms with Gasteiger partial charge in [0.1, 0.15) is 0 Å². The largest absolute Gasteiger partial charge is 0.338 e. The van der Waals surface area contributed by atoms with Gasteiger partial charge < -0.3 is 10.2 Å². The monoisotopic (exact) mass is 281 g/mol. The van der Waals surface area contributed by atoms with Crippen LogP contribution in [0.15, 0.2) is 36.5 Å². The van der Waals surface area contributed by atoms with Crippen molar-refractivity contribution >= 4 is 16.8 Å². The van der Waals surface area contributed by atoms with Gasteiger partial charge in [0.2, 0.25) is 0 Å². The van der Waals surface area contributed by atoms with Gasteiger partial charge in [-0.15, -0.1) is 0 Å². The number of hydrogen-bond acceptors (Lipinski definition) is 3. The van der Waals surface area contributed by atoms with Gasteiger partial charge >= 0.3 is 0 Å². The molecule has 2 aliphatic rings. The zero-order chi connectivity index (χ0) is 14.2. The van der Waals surface area contributed by atoms with Gasteiger partial charge in [-0.25, -0.2) is 0 Å². The molecular formula is C17H19N3O. The van der Waals surface area contributed by atoms with E-state index in [0.717, 1.165) is 42.6 Å². The highest BCUT2D eigenvalue weighted by atomic mass is 16.2.